The molecular formula is C8H14N5. The number of piperazine rings is 1. The van der Waals surface area contributed by atoms with Crippen LogP contribution in [-0.2, 0) is 0 Å². The molecule has 1 unspecified atom stereocenters. The highest BCUT2D eigenvalue weighted by atomic mass is 15.5. The van der Waals surface area contributed by atoms with Gasteiger partial charge in [-0.25, -0.2) is 4.68 Å². The predicted molar refractivity (Wildman–Crippen MR) is 48.0 cm³/mol. The second kappa shape index (κ2) is 3.85. The smallest absolute Gasteiger partial charge is 0.135 e. The van der Waals surface area contributed by atoms with Crippen LogP contribution in [0, 0.1) is 6.20 Å². The van der Waals surface area contributed by atoms with Gasteiger partial charge in [0.05, 0.1) is 6.20 Å². The third-order valence-electron chi connectivity index (χ3n) is 2.46. The average molecular weight is 180 g/mol. The standard InChI is InChI=1S/C8H14N5/c1-8(13-7-4-10-11-13)12-5-2-9-3-6-12/h7-9H,2-3,5-6H2,1H3. The van der Waals surface area contributed by atoms with E-state index in [0.717, 1.165) is 26.2 Å². The Morgan fingerprint density at radius 2 is 2.23 bits per heavy atom. The van der Waals surface area contributed by atoms with Crippen molar-refractivity contribution < 1.29 is 0 Å². The molecule has 2 heterocycles. The van der Waals surface area contributed by atoms with Gasteiger partial charge in [0.25, 0.3) is 0 Å². The van der Waals surface area contributed by atoms with Crippen molar-refractivity contribution in [3.63, 3.8) is 0 Å². The summed E-state index contributed by atoms with van der Waals surface area (Å²) in [5.74, 6) is 0. The van der Waals surface area contributed by atoms with Gasteiger partial charge in [-0.05, 0) is 6.92 Å². The minimum absolute atomic E-state index is 0.292. The van der Waals surface area contributed by atoms with Crippen molar-refractivity contribution in [3.8, 4) is 0 Å². The van der Waals surface area contributed by atoms with Crippen LogP contribution in [-0.4, -0.2) is 46.1 Å². The summed E-state index contributed by atoms with van der Waals surface area (Å²) in [6, 6.07) is 0. The third kappa shape index (κ3) is 1.87. The molecule has 13 heavy (non-hydrogen) atoms. The van der Waals surface area contributed by atoms with Crippen LogP contribution in [0.2, 0.25) is 0 Å². The van der Waals surface area contributed by atoms with Gasteiger partial charge in [0.2, 0.25) is 0 Å². The van der Waals surface area contributed by atoms with Crippen LogP contribution < -0.4 is 5.32 Å². The van der Waals surface area contributed by atoms with E-state index in [4.69, 9.17) is 0 Å². The first kappa shape index (κ1) is 8.65. The molecule has 1 aromatic heterocycles. The molecule has 1 atom stereocenters. The molecule has 1 aliphatic heterocycles. The van der Waals surface area contributed by atoms with E-state index in [1.54, 1.807) is 6.20 Å². The van der Waals surface area contributed by atoms with Crippen LogP contribution in [0.1, 0.15) is 13.1 Å². The zero-order valence-corrected chi connectivity index (χ0v) is 7.77. The number of hydrogen-bond donors (Lipinski definition) is 1. The Balaban J connectivity index is 1.99. The number of rotatable bonds is 2. The topological polar surface area (TPSA) is 46.0 Å². The molecule has 1 saturated heterocycles. The van der Waals surface area contributed by atoms with Crippen LogP contribution in [0.3, 0.4) is 0 Å². The van der Waals surface area contributed by atoms with Gasteiger partial charge in [-0.2, -0.15) is 0 Å². The van der Waals surface area contributed by atoms with Crippen LogP contribution >= 0.6 is 0 Å². The maximum atomic E-state index is 3.94. The lowest BCUT2D eigenvalue weighted by Gasteiger charge is -2.32. The highest BCUT2D eigenvalue weighted by molar-refractivity contribution is 4.73. The Hall–Kier alpha value is -0.940. The van der Waals surface area contributed by atoms with Crippen LogP contribution in [0.4, 0.5) is 0 Å². The number of hydrogen-bond acceptors (Lipinski definition) is 4. The van der Waals surface area contributed by atoms with Crippen molar-refractivity contribution in [3.05, 3.63) is 12.4 Å². The molecule has 0 aromatic carbocycles. The van der Waals surface area contributed by atoms with Crippen molar-refractivity contribution in [1.29, 1.82) is 0 Å². The summed E-state index contributed by atoms with van der Waals surface area (Å²) >= 11 is 0. The Morgan fingerprint density at radius 1 is 1.46 bits per heavy atom. The number of nitrogens with one attached hydrogen (secondary N) is 1. The lowest BCUT2D eigenvalue weighted by atomic mass is 10.3. The molecule has 1 N–H and O–H groups in total. The van der Waals surface area contributed by atoms with E-state index in [1.807, 2.05) is 4.68 Å². The van der Waals surface area contributed by atoms with E-state index in [2.05, 4.69) is 33.6 Å². The van der Waals surface area contributed by atoms with E-state index in [9.17, 15) is 0 Å². The highest BCUT2D eigenvalue weighted by Gasteiger charge is 2.17. The fourth-order valence-corrected chi connectivity index (χ4v) is 1.59. The van der Waals surface area contributed by atoms with E-state index in [1.165, 1.54) is 0 Å². The van der Waals surface area contributed by atoms with Gasteiger partial charge < -0.3 is 5.32 Å². The SMILES string of the molecule is CC(N1CCNCC1)n1c[c]nn1. The summed E-state index contributed by atoms with van der Waals surface area (Å²) in [7, 11) is 0. The maximum absolute atomic E-state index is 3.94. The molecule has 0 spiro atoms. The van der Waals surface area contributed by atoms with Gasteiger partial charge in [-0.15, -0.1) is 5.10 Å². The van der Waals surface area contributed by atoms with Crippen molar-refractivity contribution >= 4 is 0 Å². The van der Waals surface area contributed by atoms with Crippen LogP contribution in [0.25, 0.3) is 0 Å². The molecule has 0 aliphatic carbocycles. The summed E-state index contributed by atoms with van der Waals surface area (Å²) in [5.41, 5.74) is 0. The van der Waals surface area contributed by atoms with Crippen molar-refractivity contribution in [2.75, 3.05) is 26.2 Å². The molecule has 0 amide bonds. The summed E-state index contributed by atoms with van der Waals surface area (Å²) in [4.78, 5) is 2.37. The van der Waals surface area contributed by atoms with E-state index < -0.39 is 0 Å². The van der Waals surface area contributed by atoms with Crippen LogP contribution in [0.5, 0.6) is 0 Å². The minimum atomic E-state index is 0.292. The molecule has 1 aromatic rings. The molecule has 5 nitrogen and oxygen atoms in total. The molecular weight excluding hydrogens is 166 g/mol. The normalized spacial score (nSPS) is 21.6. The summed E-state index contributed by atoms with van der Waals surface area (Å²) in [6.45, 7) is 6.39. The lowest BCUT2D eigenvalue weighted by Crippen LogP contribution is -2.45. The first-order chi connectivity index (χ1) is 6.38. The van der Waals surface area contributed by atoms with Gasteiger partial charge in [-0.1, -0.05) is 5.21 Å². The molecule has 71 valence electrons. The molecule has 0 bridgehead atoms. The first-order valence-electron chi connectivity index (χ1n) is 4.60. The Labute approximate surface area is 77.7 Å². The molecule has 1 aliphatic rings. The van der Waals surface area contributed by atoms with Crippen molar-refractivity contribution in [2.45, 2.75) is 13.1 Å². The monoisotopic (exact) mass is 180 g/mol. The Kier molecular flexibility index (Phi) is 2.56. The summed E-state index contributed by atoms with van der Waals surface area (Å²) < 4.78 is 1.84. The second-order valence-electron chi connectivity index (χ2n) is 3.25. The Morgan fingerprint density at radius 3 is 2.85 bits per heavy atom. The van der Waals surface area contributed by atoms with Gasteiger partial charge in [0.1, 0.15) is 12.4 Å². The van der Waals surface area contributed by atoms with E-state index in [-0.39, 0.29) is 0 Å². The summed E-state index contributed by atoms with van der Waals surface area (Å²) in [5, 5.41) is 10.9. The van der Waals surface area contributed by atoms with Crippen molar-refractivity contribution in [1.82, 2.24) is 25.2 Å². The second-order valence-corrected chi connectivity index (χ2v) is 3.25. The summed E-state index contributed by atoms with van der Waals surface area (Å²) in [6.07, 6.45) is 4.79. The largest absolute Gasteiger partial charge is 0.314 e. The average Bonchev–Trinajstić information content (AvgIpc) is 2.71. The maximum Gasteiger partial charge on any atom is 0.135 e. The molecule has 1 fully saturated rings. The number of nitrogens with zero attached hydrogens (tertiary/aromatic N) is 4. The van der Waals surface area contributed by atoms with Gasteiger partial charge in [0, 0.05) is 26.2 Å². The third-order valence-corrected chi connectivity index (χ3v) is 2.46. The van der Waals surface area contributed by atoms with Crippen LogP contribution in [0.15, 0.2) is 6.20 Å². The van der Waals surface area contributed by atoms with Gasteiger partial charge in [-0.3, -0.25) is 4.90 Å². The quantitative estimate of drug-likeness (QED) is 0.666. The molecule has 5 heteroatoms. The number of aromatic nitrogens is 3. The van der Waals surface area contributed by atoms with E-state index >= 15 is 0 Å². The van der Waals surface area contributed by atoms with Gasteiger partial charge in [0.15, 0.2) is 0 Å². The first-order valence-corrected chi connectivity index (χ1v) is 4.60. The molecule has 1 radical (unpaired) electrons. The fraction of sp³-hybridized carbons (Fsp3) is 0.750. The molecule has 2 rings (SSSR count). The Bertz CT molecular complexity index is 239. The molecule has 0 saturated carbocycles. The fourth-order valence-electron chi connectivity index (χ4n) is 1.59. The van der Waals surface area contributed by atoms with Crippen molar-refractivity contribution in [2.24, 2.45) is 0 Å². The zero-order valence-electron chi connectivity index (χ0n) is 7.77. The van der Waals surface area contributed by atoms with E-state index in [0.29, 0.717) is 6.17 Å². The minimum Gasteiger partial charge on any atom is -0.314 e. The lowest BCUT2D eigenvalue weighted by molar-refractivity contribution is 0.123. The predicted octanol–water partition coefficient (Wildman–Crippen LogP) is -0.498. The zero-order chi connectivity index (χ0) is 9.10. The highest BCUT2D eigenvalue weighted by Crippen LogP contribution is 2.10. The van der Waals surface area contributed by atoms with Gasteiger partial charge >= 0.3 is 0 Å².